The summed E-state index contributed by atoms with van der Waals surface area (Å²) in [4.78, 5) is 9.73. The summed E-state index contributed by atoms with van der Waals surface area (Å²) in [6.07, 6.45) is -4.61. The Balaban J connectivity index is 2.38. The van der Waals surface area contributed by atoms with Crippen LogP contribution in [0.2, 0.25) is 0 Å². The van der Waals surface area contributed by atoms with Gasteiger partial charge in [0.2, 0.25) is 0 Å². The highest BCUT2D eigenvalue weighted by molar-refractivity contribution is 7.92. The summed E-state index contributed by atoms with van der Waals surface area (Å²) in [6, 6.07) is 6.14. The van der Waals surface area contributed by atoms with Gasteiger partial charge in [0, 0.05) is 18.7 Å². The van der Waals surface area contributed by atoms with E-state index in [1.54, 1.807) is 0 Å². The number of halogens is 3. The second kappa shape index (κ2) is 7.80. The van der Waals surface area contributed by atoms with Gasteiger partial charge in [-0.1, -0.05) is 0 Å². The minimum Gasteiger partial charge on any atom is -0.395 e. The van der Waals surface area contributed by atoms with Crippen LogP contribution in [0.1, 0.15) is 5.56 Å². The van der Waals surface area contributed by atoms with E-state index in [2.05, 4.69) is 10.0 Å². The smallest absolute Gasteiger partial charge is 0.395 e. The number of hydrogen-bond acceptors (Lipinski definition) is 6. The molecule has 0 heterocycles. The van der Waals surface area contributed by atoms with Crippen molar-refractivity contribution in [1.29, 1.82) is 0 Å². The molecule has 0 saturated carbocycles. The first-order valence-corrected chi connectivity index (χ1v) is 8.86. The van der Waals surface area contributed by atoms with Gasteiger partial charge < -0.3 is 10.4 Å². The third kappa shape index (κ3) is 5.08. The highest BCUT2D eigenvalue weighted by atomic mass is 32.2. The van der Waals surface area contributed by atoms with Gasteiger partial charge in [-0.05, 0) is 30.3 Å². The van der Waals surface area contributed by atoms with Gasteiger partial charge in [0.15, 0.2) is 0 Å². The fourth-order valence-electron chi connectivity index (χ4n) is 2.10. The summed E-state index contributed by atoms with van der Waals surface area (Å²) >= 11 is 0. The van der Waals surface area contributed by atoms with E-state index < -0.39 is 37.3 Å². The van der Waals surface area contributed by atoms with Crippen LogP contribution in [0, 0.1) is 10.1 Å². The number of nitro groups is 1. The molecule has 0 bridgehead atoms. The number of aliphatic hydroxyl groups excluding tert-OH is 1. The molecular weight excluding hydrogens is 391 g/mol. The minimum atomic E-state index is -4.61. The number of rotatable bonds is 7. The van der Waals surface area contributed by atoms with Gasteiger partial charge >= 0.3 is 6.18 Å². The van der Waals surface area contributed by atoms with Gasteiger partial charge in [0.1, 0.15) is 0 Å². The number of anilines is 2. The van der Waals surface area contributed by atoms with Gasteiger partial charge in [0.25, 0.3) is 15.7 Å². The molecule has 0 aliphatic rings. The quantitative estimate of drug-likeness (QED) is 0.481. The van der Waals surface area contributed by atoms with Crippen LogP contribution in [0.25, 0.3) is 0 Å². The van der Waals surface area contributed by atoms with E-state index in [4.69, 9.17) is 5.11 Å². The Morgan fingerprint density at radius 1 is 1.07 bits per heavy atom. The summed E-state index contributed by atoms with van der Waals surface area (Å²) in [5.41, 5.74) is -1.43. The second-order valence-corrected chi connectivity index (χ2v) is 6.95. The molecular formula is C15H14F3N3O5S. The Kier molecular flexibility index (Phi) is 5.91. The summed E-state index contributed by atoms with van der Waals surface area (Å²) < 4.78 is 64.8. The fourth-order valence-corrected chi connectivity index (χ4v) is 3.17. The van der Waals surface area contributed by atoms with Gasteiger partial charge in [-0.15, -0.1) is 0 Å². The number of nitrogens with one attached hydrogen (secondary N) is 2. The van der Waals surface area contributed by atoms with Crippen LogP contribution >= 0.6 is 0 Å². The van der Waals surface area contributed by atoms with E-state index in [9.17, 15) is 31.7 Å². The lowest BCUT2D eigenvalue weighted by Gasteiger charge is -2.14. The zero-order valence-corrected chi connectivity index (χ0v) is 14.3. The maximum Gasteiger partial charge on any atom is 0.416 e. The lowest BCUT2D eigenvalue weighted by Crippen LogP contribution is -2.16. The molecule has 8 nitrogen and oxygen atoms in total. The van der Waals surface area contributed by atoms with Crippen molar-refractivity contribution in [2.45, 2.75) is 11.1 Å². The molecule has 146 valence electrons. The van der Waals surface area contributed by atoms with E-state index >= 15 is 0 Å². The zero-order valence-electron chi connectivity index (χ0n) is 13.5. The number of nitrogens with zero attached hydrogens (tertiary/aromatic N) is 1. The SMILES string of the molecule is O=[N+]([O-])c1ccc(NCCO)c(NS(=O)(=O)c2ccc(C(F)(F)F)cc2)c1. The highest BCUT2D eigenvalue weighted by Crippen LogP contribution is 2.31. The molecule has 0 aliphatic carbocycles. The number of non-ortho nitro benzene ring substituents is 1. The first kappa shape index (κ1) is 20.5. The third-order valence-electron chi connectivity index (χ3n) is 3.38. The lowest BCUT2D eigenvalue weighted by atomic mass is 10.2. The number of aliphatic hydroxyl groups is 1. The molecule has 27 heavy (non-hydrogen) atoms. The van der Waals surface area contributed by atoms with Crippen molar-refractivity contribution >= 4 is 27.1 Å². The Hall–Kier alpha value is -2.86. The molecule has 12 heteroatoms. The van der Waals surface area contributed by atoms with Crippen molar-refractivity contribution in [1.82, 2.24) is 0 Å². The van der Waals surface area contributed by atoms with E-state index in [1.165, 1.54) is 6.07 Å². The Bertz CT molecular complexity index is 931. The molecule has 0 fully saturated rings. The Morgan fingerprint density at radius 2 is 1.70 bits per heavy atom. The van der Waals surface area contributed by atoms with Crippen molar-refractivity contribution in [3.63, 3.8) is 0 Å². The molecule has 0 spiro atoms. The molecule has 3 N–H and O–H groups in total. The zero-order chi connectivity index (χ0) is 20.2. The number of hydrogen-bond donors (Lipinski definition) is 3. The van der Waals surface area contributed by atoms with Crippen LogP contribution in [0.3, 0.4) is 0 Å². The van der Waals surface area contributed by atoms with Crippen molar-refractivity contribution in [2.24, 2.45) is 0 Å². The molecule has 0 saturated heterocycles. The van der Waals surface area contributed by atoms with Crippen molar-refractivity contribution in [3.05, 3.63) is 58.1 Å². The second-order valence-electron chi connectivity index (χ2n) is 5.27. The molecule has 0 atom stereocenters. The molecule has 0 unspecified atom stereocenters. The van der Waals surface area contributed by atoms with Crippen LogP contribution < -0.4 is 10.0 Å². The van der Waals surface area contributed by atoms with Crippen LogP contribution in [0.5, 0.6) is 0 Å². The normalized spacial score (nSPS) is 11.9. The summed E-state index contributed by atoms with van der Waals surface area (Å²) in [5, 5.41) is 22.5. The third-order valence-corrected chi connectivity index (χ3v) is 4.76. The predicted octanol–water partition coefficient (Wildman–Crippen LogP) is 2.82. The number of sulfonamides is 1. The standard InChI is InChI=1S/C15H14F3N3O5S/c16-15(17,18)10-1-4-12(5-2-10)27(25,26)20-14-9-11(21(23)24)3-6-13(14)19-7-8-22/h1-6,9,19-20,22H,7-8H2. The maximum atomic E-state index is 12.6. The van der Waals surface area contributed by atoms with Crippen LogP contribution in [0.15, 0.2) is 47.4 Å². The van der Waals surface area contributed by atoms with Crippen LogP contribution in [0.4, 0.5) is 30.2 Å². The molecule has 2 aromatic carbocycles. The Labute approximate surface area is 151 Å². The summed E-state index contributed by atoms with van der Waals surface area (Å²) in [7, 11) is -4.31. The van der Waals surface area contributed by atoms with Crippen molar-refractivity contribution in [3.8, 4) is 0 Å². The summed E-state index contributed by atoms with van der Waals surface area (Å²) in [5.74, 6) is 0. The van der Waals surface area contributed by atoms with Gasteiger partial charge in [-0.25, -0.2) is 8.42 Å². The van der Waals surface area contributed by atoms with E-state index in [0.717, 1.165) is 24.3 Å². The van der Waals surface area contributed by atoms with Crippen LogP contribution in [-0.4, -0.2) is 31.6 Å². The van der Waals surface area contributed by atoms with E-state index in [-0.39, 0.29) is 24.5 Å². The largest absolute Gasteiger partial charge is 0.416 e. The Morgan fingerprint density at radius 3 is 2.22 bits per heavy atom. The molecule has 0 amide bonds. The van der Waals surface area contributed by atoms with Crippen molar-refractivity contribution < 1.29 is 31.6 Å². The van der Waals surface area contributed by atoms with Gasteiger partial charge in [0.05, 0.1) is 33.4 Å². The number of benzene rings is 2. The predicted molar refractivity (Wildman–Crippen MR) is 90.9 cm³/mol. The molecule has 0 aromatic heterocycles. The minimum absolute atomic E-state index is 0.0484. The lowest BCUT2D eigenvalue weighted by molar-refractivity contribution is -0.384. The number of nitro benzene ring substituents is 1. The van der Waals surface area contributed by atoms with Gasteiger partial charge in [-0.3, -0.25) is 14.8 Å². The highest BCUT2D eigenvalue weighted by Gasteiger charge is 2.30. The van der Waals surface area contributed by atoms with Gasteiger partial charge in [-0.2, -0.15) is 13.2 Å². The molecule has 0 radical (unpaired) electrons. The molecule has 2 rings (SSSR count). The first-order chi connectivity index (χ1) is 12.5. The monoisotopic (exact) mass is 405 g/mol. The van der Waals surface area contributed by atoms with Crippen molar-refractivity contribution in [2.75, 3.05) is 23.2 Å². The van der Waals surface area contributed by atoms with E-state index in [1.807, 2.05) is 0 Å². The summed E-state index contributed by atoms with van der Waals surface area (Å²) in [6.45, 7) is -0.227. The molecule has 0 aliphatic heterocycles. The maximum absolute atomic E-state index is 12.6. The fraction of sp³-hybridized carbons (Fsp3) is 0.200. The van der Waals surface area contributed by atoms with E-state index in [0.29, 0.717) is 12.1 Å². The first-order valence-electron chi connectivity index (χ1n) is 7.38. The molecule has 2 aromatic rings. The van der Waals surface area contributed by atoms with Crippen LogP contribution in [-0.2, 0) is 16.2 Å². The average Bonchev–Trinajstić information content (AvgIpc) is 2.59. The number of alkyl halides is 3. The topological polar surface area (TPSA) is 122 Å². The average molecular weight is 405 g/mol.